The molecule has 0 fully saturated rings. The van der Waals surface area contributed by atoms with E-state index in [0.29, 0.717) is 16.1 Å². The molecule has 1 aliphatic rings. The van der Waals surface area contributed by atoms with Crippen LogP contribution in [0.25, 0.3) is 0 Å². The predicted octanol–water partition coefficient (Wildman–Crippen LogP) is -1.54. The van der Waals surface area contributed by atoms with Crippen LogP contribution < -0.4 is 27.0 Å². The Morgan fingerprint density at radius 1 is 1.37 bits per heavy atom. The highest BCUT2D eigenvalue weighted by atomic mass is 16.1. The number of anilines is 2. The molecule has 0 unspecified atom stereocenters. The van der Waals surface area contributed by atoms with Crippen LogP contribution in [0.5, 0.6) is 0 Å². The fourth-order valence-corrected chi connectivity index (χ4v) is 1.87. The number of quaternary nitrogens is 1. The standard InChI is InChI=1S/C10H16N8O/c1-18(2)4-3-14-7-8(18)15-5(6(11)16-7)9(19)17-10(12)13/h3-4H2,1-2H3,(H6-,11,12,13,14,16,17,19)/p+1. The molecule has 9 heteroatoms. The number of hydrogen-bond acceptors (Lipinski definition) is 5. The van der Waals surface area contributed by atoms with Gasteiger partial charge in [-0.3, -0.25) is 9.28 Å². The zero-order valence-electron chi connectivity index (χ0n) is 10.8. The third kappa shape index (κ3) is 2.40. The van der Waals surface area contributed by atoms with E-state index in [-0.39, 0.29) is 17.5 Å². The number of fused-ring (bicyclic) bond motifs is 1. The van der Waals surface area contributed by atoms with Gasteiger partial charge in [0, 0.05) is 0 Å². The Balaban J connectivity index is 2.54. The summed E-state index contributed by atoms with van der Waals surface area (Å²) in [6.45, 7) is 1.58. The molecule has 0 aromatic carbocycles. The van der Waals surface area contributed by atoms with Crippen LogP contribution in [0.1, 0.15) is 10.5 Å². The van der Waals surface area contributed by atoms with Crippen LogP contribution in [0.15, 0.2) is 4.99 Å². The van der Waals surface area contributed by atoms with Crippen LogP contribution in [0.2, 0.25) is 0 Å². The number of nitrogens with zero attached hydrogens (tertiary/aromatic N) is 4. The van der Waals surface area contributed by atoms with Crippen molar-refractivity contribution < 1.29 is 4.79 Å². The Labute approximate surface area is 110 Å². The predicted molar refractivity (Wildman–Crippen MR) is 73.6 cm³/mol. The summed E-state index contributed by atoms with van der Waals surface area (Å²) in [5.41, 5.74) is 16.0. The van der Waals surface area contributed by atoms with E-state index in [1.54, 1.807) is 0 Å². The molecule has 102 valence electrons. The average Bonchev–Trinajstić information content (AvgIpc) is 2.26. The molecule has 0 aliphatic carbocycles. The second-order valence-corrected chi connectivity index (χ2v) is 4.81. The van der Waals surface area contributed by atoms with E-state index in [1.807, 2.05) is 14.1 Å². The maximum atomic E-state index is 11.8. The first-order valence-electron chi connectivity index (χ1n) is 5.70. The third-order valence-corrected chi connectivity index (χ3v) is 2.87. The lowest BCUT2D eigenvalue weighted by Gasteiger charge is -2.33. The molecule has 0 spiro atoms. The SMILES string of the molecule is C[N+]1(C)CCNc2nc(N)c(C(=O)N=C(N)N)nc21. The summed E-state index contributed by atoms with van der Waals surface area (Å²) >= 11 is 0. The van der Waals surface area contributed by atoms with Gasteiger partial charge in [-0.1, -0.05) is 0 Å². The average molecular weight is 265 g/mol. The molecule has 1 aromatic rings. The quantitative estimate of drug-likeness (QED) is 0.273. The van der Waals surface area contributed by atoms with Crippen LogP contribution >= 0.6 is 0 Å². The van der Waals surface area contributed by atoms with E-state index in [0.717, 1.165) is 13.1 Å². The van der Waals surface area contributed by atoms with E-state index in [1.165, 1.54) is 0 Å². The zero-order valence-corrected chi connectivity index (χ0v) is 10.8. The summed E-state index contributed by atoms with van der Waals surface area (Å²) in [5.74, 6) is 0.182. The molecule has 0 saturated carbocycles. The maximum Gasteiger partial charge on any atom is 0.302 e. The van der Waals surface area contributed by atoms with Crippen molar-refractivity contribution in [3.8, 4) is 0 Å². The lowest BCUT2D eigenvalue weighted by atomic mass is 10.3. The molecule has 0 saturated heterocycles. The summed E-state index contributed by atoms with van der Waals surface area (Å²) in [6, 6.07) is 0. The van der Waals surface area contributed by atoms with Gasteiger partial charge in [-0.25, -0.2) is 4.98 Å². The van der Waals surface area contributed by atoms with Crippen molar-refractivity contribution in [1.82, 2.24) is 14.5 Å². The van der Waals surface area contributed by atoms with Crippen molar-refractivity contribution in [3.63, 3.8) is 0 Å². The minimum absolute atomic E-state index is 0.00292. The van der Waals surface area contributed by atoms with E-state index < -0.39 is 5.91 Å². The second kappa shape index (κ2) is 4.35. The van der Waals surface area contributed by atoms with Crippen LogP contribution in [0, 0.1) is 0 Å². The van der Waals surface area contributed by atoms with E-state index in [4.69, 9.17) is 17.2 Å². The summed E-state index contributed by atoms with van der Waals surface area (Å²) in [5, 5.41) is 3.10. The van der Waals surface area contributed by atoms with E-state index >= 15 is 0 Å². The summed E-state index contributed by atoms with van der Waals surface area (Å²) < 4.78 is 0.498. The molecule has 0 atom stereocenters. The van der Waals surface area contributed by atoms with Gasteiger partial charge in [0.25, 0.3) is 5.82 Å². The molecule has 0 bridgehead atoms. The number of aliphatic imine (C=N–C) groups is 1. The summed E-state index contributed by atoms with van der Waals surface area (Å²) in [7, 11) is 3.94. The first-order chi connectivity index (χ1) is 8.81. The van der Waals surface area contributed by atoms with Gasteiger partial charge < -0.3 is 22.5 Å². The normalized spacial score (nSPS) is 16.1. The molecule has 7 N–H and O–H groups in total. The minimum atomic E-state index is -0.696. The second-order valence-electron chi connectivity index (χ2n) is 4.81. The number of amides is 1. The number of hydrogen-bond donors (Lipinski definition) is 4. The topological polar surface area (TPSA) is 145 Å². The van der Waals surface area contributed by atoms with Gasteiger partial charge in [0.05, 0.1) is 20.6 Å². The Hall–Kier alpha value is -2.42. The highest BCUT2D eigenvalue weighted by Crippen LogP contribution is 2.30. The third-order valence-electron chi connectivity index (χ3n) is 2.87. The number of aromatic nitrogens is 2. The van der Waals surface area contributed by atoms with Crippen LogP contribution in [-0.2, 0) is 0 Å². The largest absolute Gasteiger partial charge is 0.382 e. The molecule has 19 heavy (non-hydrogen) atoms. The molecular formula is C10H17N8O+. The zero-order chi connectivity index (χ0) is 14.2. The van der Waals surface area contributed by atoms with Crippen molar-refractivity contribution in [2.24, 2.45) is 16.5 Å². The van der Waals surface area contributed by atoms with Crippen molar-refractivity contribution in [3.05, 3.63) is 5.69 Å². The van der Waals surface area contributed by atoms with Crippen LogP contribution in [0.4, 0.5) is 17.5 Å². The van der Waals surface area contributed by atoms with Gasteiger partial charge in [0.15, 0.2) is 17.5 Å². The first-order valence-corrected chi connectivity index (χ1v) is 5.70. The van der Waals surface area contributed by atoms with Gasteiger partial charge in [0.1, 0.15) is 6.54 Å². The fourth-order valence-electron chi connectivity index (χ4n) is 1.87. The number of guanidine groups is 1. The Bertz CT molecular complexity index is 561. The lowest BCUT2D eigenvalue weighted by molar-refractivity contribution is 0.0998. The number of carbonyl (C=O) groups is 1. The number of likely N-dealkylation sites (N-methyl/N-ethyl adjacent to an activating group) is 1. The Morgan fingerprint density at radius 3 is 2.68 bits per heavy atom. The summed E-state index contributed by atoms with van der Waals surface area (Å²) in [4.78, 5) is 23.7. The summed E-state index contributed by atoms with van der Waals surface area (Å²) in [6.07, 6.45) is 0. The number of rotatable bonds is 1. The maximum absolute atomic E-state index is 11.8. The van der Waals surface area contributed by atoms with Gasteiger partial charge >= 0.3 is 5.91 Å². The van der Waals surface area contributed by atoms with Crippen molar-refractivity contribution in [2.45, 2.75) is 0 Å². The number of nitrogens with two attached hydrogens (primary N) is 3. The smallest absolute Gasteiger partial charge is 0.302 e. The number of nitrogens with one attached hydrogen (secondary N) is 1. The van der Waals surface area contributed by atoms with Crippen molar-refractivity contribution in [2.75, 3.05) is 38.2 Å². The number of nitrogen functional groups attached to an aromatic ring is 1. The van der Waals surface area contributed by atoms with E-state index in [9.17, 15) is 4.79 Å². The molecule has 0 radical (unpaired) electrons. The molecule has 9 nitrogen and oxygen atoms in total. The van der Waals surface area contributed by atoms with Crippen LogP contribution in [-0.4, -0.2) is 49.0 Å². The van der Waals surface area contributed by atoms with Crippen LogP contribution in [0.3, 0.4) is 0 Å². The highest BCUT2D eigenvalue weighted by Gasteiger charge is 2.32. The van der Waals surface area contributed by atoms with Gasteiger partial charge in [0.2, 0.25) is 5.82 Å². The molecule has 2 rings (SSSR count). The first kappa shape index (κ1) is 13.0. The molecule has 1 aliphatic heterocycles. The molecule has 1 aromatic heterocycles. The van der Waals surface area contributed by atoms with Gasteiger partial charge in [-0.2, -0.15) is 9.98 Å². The Kier molecular flexibility index (Phi) is 2.98. The monoisotopic (exact) mass is 265 g/mol. The highest BCUT2D eigenvalue weighted by molar-refractivity contribution is 6.03. The van der Waals surface area contributed by atoms with Crippen molar-refractivity contribution in [1.29, 1.82) is 0 Å². The molecule has 1 amide bonds. The fraction of sp³-hybridized carbons (Fsp3) is 0.400. The molecule has 2 heterocycles. The van der Waals surface area contributed by atoms with E-state index in [2.05, 4.69) is 20.3 Å². The van der Waals surface area contributed by atoms with Crippen molar-refractivity contribution >= 4 is 29.3 Å². The van der Waals surface area contributed by atoms with Gasteiger partial charge in [-0.05, 0) is 0 Å². The lowest BCUT2D eigenvalue weighted by Crippen LogP contribution is -2.48. The van der Waals surface area contributed by atoms with Gasteiger partial charge in [-0.15, -0.1) is 0 Å². The minimum Gasteiger partial charge on any atom is -0.382 e. The Morgan fingerprint density at radius 2 is 2.05 bits per heavy atom. The molecular weight excluding hydrogens is 248 g/mol. The number of carbonyl (C=O) groups excluding carboxylic acids is 1.